The van der Waals surface area contributed by atoms with Crippen molar-refractivity contribution >= 4 is 22.8 Å². The highest BCUT2D eigenvalue weighted by Gasteiger charge is 2.43. The van der Waals surface area contributed by atoms with Crippen LogP contribution in [-0.2, 0) is 14.3 Å². The lowest BCUT2D eigenvalue weighted by molar-refractivity contribution is -0.159. The Kier molecular flexibility index (Phi) is 16.2. The summed E-state index contributed by atoms with van der Waals surface area (Å²) in [6.07, 6.45) is 17.5. The van der Waals surface area contributed by atoms with Crippen molar-refractivity contribution in [2.45, 2.75) is 117 Å². The van der Waals surface area contributed by atoms with Gasteiger partial charge in [0.25, 0.3) is 0 Å². The number of hydrogen-bond acceptors (Lipinski definition) is 3. The van der Waals surface area contributed by atoms with Gasteiger partial charge in [-0.05, 0) is 30.9 Å². The Morgan fingerprint density at radius 2 is 1.08 bits per heavy atom. The molecule has 0 bridgehead atoms. The summed E-state index contributed by atoms with van der Waals surface area (Å²) in [6, 6.07) is 0. The molecule has 0 unspecified atom stereocenters. The van der Waals surface area contributed by atoms with E-state index in [0.29, 0.717) is 19.4 Å². The molecule has 26 heavy (non-hydrogen) atoms. The molecule has 3 nitrogen and oxygen atoms in total. The molecule has 0 heterocycles. The van der Waals surface area contributed by atoms with E-state index in [1.54, 1.807) is 13.8 Å². The zero-order valence-corrected chi connectivity index (χ0v) is 18.2. The lowest BCUT2D eigenvalue weighted by atomic mass is 9.84. The second-order valence-electron chi connectivity index (χ2n) is 7.44. The van der Waals surface area contributed by atoms with Crippen LogP contribution in [0.2, 0.25) is 0 Å². The molecule has 0 spiro atoms. The Hall–Kier alpha value is -0.570. The van der Waals surface area contributed by atoms with Gasteiger partial charge in [0.1, 0.15) is 5.41 Å². The molecule has 0 saturated carbocycles. The summed E-state index contributed by atoms with van der Waals surface area (Å²) in [6.45, 7) is 6.25. The van der Waals surface area contributed by atoms with Gasteiger partial charge in [0, 0.05) is 0 Å². The molecule has 0 aromatic rings. The molecule has 0 saturated heterocycles. The predicted octanol–water partition coefficient (Wildman–Crippen LogP) is 7.19. The Balaban J connectivity index is 3.53. The first-order valence-corrected chi connectivity index (χ1v) is 11.3. The molecular formula is C22H41ClO3. The van der Waals surface area contributed by atoms with Crippen molar-refractivity contribution in [1.82, 2.24) is 0 Å². The smallest absolute Gasteiger partial charge is 0.320 e. The fourth-order valence-corrected chi connectivity index (χ4v) is 3.66. The highest BCUT2D eigenvalue weighted by atomic mass is 35.5. The second kappa shape index (κ2) is 16.6. The maximum Gasteiger partial charge on any atom is 0.320 e. The van der Waals surface area contributed by atoms with Crippen molar-refractivity contribution in [2.75, 3.05) is 6.61 Å². The maximum absolute atomic E-state index is 12.2. The van der Waals surface area contributed by atoms with Crippen LogP contribution in [0.5, 0.6) is 0 Å². The third-order valence-electron chi connectivity index (χ3n) is 5.46. The third kappa shape index (κ3) is 10.5. The van der Waals surface area contributed by atoms with Crippen molar-refractivity contribution in [3.05, 3.63) is 0 Å². The van der Waals surface area contributed by atoms with E-state index in [4.69, 9.17) is 16.3 Å². The molecule has 0 aromatic carbocycles. The zero-order valence-electron chi connectivity index (χ0n) is 17.4. The minimum atomic E-state index is -1.15. The quantitative estimate of drug-likeness (QED) is 0.108. The predicted molar refractivity (Wildman–Crippen MR) is 111 cm³/mol. The first-order chi connectivity index (χ1) is 12.5. The summed E-state index contributed by atoms with van der Waals surface area (Å²) in [5, 5.41) is -0.599. The Morgan fingerprint density at radius 3 is 1.42 bits per heavy atom. The minimum absolute atomic E-state index is 0.391. The number of esters is 1. The van der Waals surface area contributed by atoms with Gasteiger partial charge in [-0.15, -0.1) is 0 Å². The Bertz CT molecular complexity index is 364. The summed E-state index contributed by atoms with van der Waals surface area (Å²) < 4.78 is 5.31. The molecule has 0 atom stereocenters. The van der Waals surface area contributed by atoms with Crippen LogP contribution in [0.15, 0.2) is 0 Å². The normalized spacial score (nSPS) is 11.5. The first kappa shape index (κ1) is 25.4. The molecule has 0 aliphatic heterocycles. The lowest BCUT2D eigenvalue weighted by Gasteiger charge is -2.24. The summed E-state index contributed by atoms with van der Waals surface area (Å²) in [4.78, 5) is 23.7. The van der Waals surface area contributed by atoms with Crippen LogP contribution in [0.4, 0.5) is 0 Å². The zero-order chi connectivity index (χ0) is 19.7. The number of ether oxygens (including phenoxy) is 1. The average Bonchev–Trinajstić information content (AvgIpc) is 2.63. The molecule has 154 valence electrons. The third-order valence-corrected chi connectivity index (χ3v) is 5.82. The number of carbonyl (C=O) groups excluding carboxylic acids is 2. The molecular weight excluding hydrogens is 348 g/mol. The van der Waals surface area contributed by atoms with E-state index in [9.17, 15) is 9.59 Å². The number of rotatable bonds is 18. The van der Waals surface area contributed by atoms with Crippen LogP contribution in [-0.4, -0.2) is 17.8 Å². The van der Waals surface area contributed by atoms with Gasteiger partial charge in [-0.1, -0.05) is 97.8 Å². The Labute approximate surface area is 166 Å². The van der Waals surface area contributed by atoms with E-state index < -0.39 is 16.6 Å². The highest BCUT2D eigenvalue weighted by molar-refractivity contribution is 6.66. The molecule has 0 radical (unpaired) electrons. The van der Waals surface area contributed by atoms with Gasteiger partial charge < -0.3 is 4.74 Å². The number of carbonyl (C=O) groups is 2. The van der Waals surface area contributed by atoms with Gasteiger partial charge in [-0.2, -0.15) is 0 Å². The molecule has 0 aliphatic rings. The van der Waals surface area contributed by atoms with Crippen LogP contribution in [0.25, 0.3) is 0 Å². The van der Waals surface area contributed by atoms with Gasteiger partial charge in [0.2, 0.25) is 5.24 Å². The molecule has 0 rings (SSSR count). The van der Waals surface area contributed by atoms with E-state index in [1.165, 1.54) is 70.6 Å². The number of hydrogen-bond donors (Lipinski definition) is 0. The van der Waals surface area contributed by atoms with Gasteiger partial charge >= 0.3 is 5.97 Å². The van der Waals surface area contributed by atoms with Crippen LogP contribution >= 0.6 is 11.6 Å². The van der Waals surface area contributed by atoms with Crippen LogP contribution in [0.1, 0.15) is 117 Å². The molecule has 0 aromatic heterocycles. The summed E-state index contributed by atoms with van der Waals surface area (Å²) >= 11 is 5.62. The van der Waals surface area contributed by atoms with Gasteiger partial charge in [-0.25, -0.2) is 0 Å². The molecule has 0 aliphatic carbocycles. The average molecular weight is 389 g/mol. The van der Waals surface area contributed by atoms with E-state index >= 15 is 0 Å². The van der Waals surface area contributed by atoms with Gasteiger partial charge in [-0.3, -0.25) is 9.59 Å². The van der Waals surface area contributed by atoms with Gasteiger partial charge in [0.15, 0.2) is 0 Å². The number of halogens is 1. The van der Waals surface area contributed by atoms with Gasteiger partial charge in [0.05, 0.1) is 6.61 Å². The van der Waals surface area contributed by atoms with Crippen molar-refractivity contribution in [2.24, 2.45) is 5.41 Å². The Morgan fingerprint density at radius 1 is 0.692 bits per heavy atom. The highest BCUT2D eigenvalue weighted by Crippen LogP contribution is 2.31. The SMILES string of the molecule is CCCCCCCCCCCCCCCOC(=O)C(CC)(CC)C(=O)Cl. The van der Waals surface area contributed by atoms with Crippen LogP contribution < -0.4 is 0 Å². The number of unbranched alkanes of at least 4 members (excludes halogenated alkanes) is 12. The lowest BCUT2D eigenvalue weighted by Crippen LogP contribution is -2.37. The van der Waals surface area contributed by atoms with E-state index in [1.807, 2.05) is 0 Å². The molecule has 0 N–H and O–H groups in total. The van der Waals surface area contributed by atoms with E-state index in [2.05, 4.69) is 6.92 Å². The standard InChI is InChI=1S/C22H41ClO3/c1-4-7-8-9-10-11-12-13-14-15-16-17-18-19-26-21(25)22(5-2,6-3)20(23)24/h4-19H2,1-3H3. The van der Waals surface area contributed by atoms with Crippen molar-refractivity contribution in [3.8, 4) is 0 Å². The molecule has 4 heteroatoms. The van der Waals surface area contributed by atoms with Crippen molar-refractivity contribution in [1.29, 1.82) is 0 Å². The fourth-order valence-electron chi connectivity index (χ4n) is 3.32. The summed E-state index contributed by atoms with van der Waals surface area (Å²) in [5.41, 5.74) is -1.15. The molecule has 0 fully saturated rings. The summed E-state index contributed by atoms with van der Waals surface area (Å²) in [7, 11) is 0. The van der Waals surface area contributed by atoms with E-state index in [-0.39, 0.29) is 0 Å². The maximum atomic E-state index is 12.2. The monoisotopic (exact) mass is 388 g/mol. The topological polar surface area (TPSA) is 43.4 Å². The first-order valence-electron chi connectivity index (χ1n) is 10.9. The van der Waals surface area contributed by atoms with Crippen molar-refractivity contribution < 1.29 is 14.3 Å². The van der Waals surface area contributed by atoms with Crippen LogP contribution in [0.3, 0.4) is 0 Å². The largest absolute Gasteiger partial charge is 0.465 e. The second-order valence-corrected chi connectivity index (χ2v) is 7.78. The minimum Gasteiger partial charge on any atom is -0.465 e. The molecule has 0 amide bonds. The summed E-state index contributed by atoms with van der Waals surface area (Å²) in [5.74, 6) is -0.457. The van der Waals surface area contributed by atoms with Crippen LogP contribution in [0, 0.1) is 5.41 Å². The van der Waals surface area contributed by atoms with E-state index in [0.717, 1.165) is 12.8 Å². The van der Waals surface area contributed by atoms with Crippen molar-refractivity contribution in [3.63, 3.8) is 0 Å². The fraction of sp³-hybridized carbons (Fsp3) is 0.909.